The number of hydrogen-bond donors (Lipinski definition) is 1. The van der Waals surface area contributed by atoms with Crippen LogP contribution in [0.15, 0.2) is 12.1 Å². The van der Waals surface area contributed by atoms with Crippen molar-refractivity contribution in [2.45, 2.75) is 20.3 Å². The van der Waals surface area contributed by atoms with Crippen LogP contribution < -0.4 is 0 Å². The van der Waals surface area contributed by atoms with Crippen LogP contribution in [0.2, 0.25) is 0 Å². The van der Waals surface area contributed by atoms with Crippen LogP contribution >= 0.6 is 0 Å². The monoisotopic (exact) mass is 194 g/mol. The van der Waals surface area contributed by atoms with Crippen LogP contribution in [0.1, 0.15) is 16.7 Å². The van der Waals surface area contributed by atoms with Crippen LogP contribution in [0.4, 0.5) is 0 Å². The van der Waals surface area contributed by atoms with Gasteiger partial charge >= 0.3 is 5.97 Å². The van der Waals surface area contributed by atoms with E-state index in [1.54, 1.807) is 13.0 Å². The molecular formula is C11H14O3. The molecule has 0 aliphatic carbocycles. The molecule has 1 aromatic rings. The molecule has 3 nitrogen and oxygen atoms in total. The van der Waals surface area contributed by atoms with E-state index in [4.69, 9.17) is 0 Å². The van der Waals surface area contributed by atoms with Crippen molar-refractivity contribution < 1.29 is 14.6 Å². The van der Waals surface area contributed by atoms with E-state index in [0.29, 0.717) is 0 Å². The summed E-state index contributed by atoms with van der Waals surface area (Å²) >= 11 is 0. The first-order chi connectivity index (χ1) is 6.54. The zero-order chi connectivity index (χ0) is 10.7. The molecule has 0 aliphatic rings. The molecule has 1 N–H and O–H groups in total. The molecule has 0 saturated heterocycles. The number of benzene rings is 1. The minimum Gasteiger partial charge on any atom is -0.508 e. The number of aryl methyl sites for hydroxylation is 1. The van der Waals surface area contributed by atoms with E-state index >= 15 is 0 Å². The van der Waals surface area contributed by atoms with E-state index in [1.165, 1.54) is 7.11 Å². The van der Waals surface area contributed by atoms with Crippen LogP contribution in [0.5, 0.6) is 5.75 Å². The van der Waals surface area contributed by atoms with Gasteiger partial charge in [0.05, 0.1) is 13.5 Å². The fourth-order valence-electron chi connectivity index (χ4n) is 1.32. The molecule has 3 heteroatoms. The Kier molecular flexibility index (Phi) is 3.12. The highest BCUT2D eigenvalue weighted by Gasteiger charge is 2.09. The molecular weight excluding hydrogens is 180 g/mol. The van der Waals surface area contributed by atoms with Gasteiger partial charge in [0.25, 0.3) is 0 Å². The van der Waals surface area contributed by atoms with Crippen molar-refractivity contribution in [3.63, 3.8) is 0 Å². The molecule has 76 valence electrons. The van der Waals surface area contributed by atoms with Crippen molar-refractivity contribution in [3.8, 4) is 5.75 Å². The van der Waals surface area contributed by atoms with Gasteiger partial charge in [-0.1, -0.05) is 6.07 Å². The molecule has 0 atom stereocenters. The summed E-state index contributed by atoms with van der Waals surface area (Å²) in [6, 6.07) is 3.56. The summed E-state index contributed by atoms with van der Waals surface area (Å²) in [6.07, 6.45) is 0.206. The average Bonchev–Trinajstić information content (AvgIpc) is 2.13. The Morgan fingerprint density at radius 1 is 1.43 bits per heavy atom. The lowest BCUT2D eigenvalue weighted by Gasteiger charge is -2.07. The molecule has 0 fully saturated rings. The number of phenols is 1. The van der Waals surface area contributed by atoms with Gasteiger partial charge in [-0.3, -0.25) is 4.79 Å². The molecule has 0 spiro atoms. The largest absolute Gasteiger partial charge is 0.508 e. The van der Waals surface area contributed by atoms with Gasteiger partial charge in [0.15, 0.2) is 0 Å². The molecule has 0 aliphatic heterocycles. The summed E-state index contributed by atoms with van der Waals surface area (Å²) < 4.78 is 4.57. The average molecular weight is 194 g/mol. The summed E-state index contributed by atoms with van der Waals surface area (Å²) in [5, 5.41) is 9.51. The van der Waals surface area contributed by atoms with Gasteiger partial charge in [0.2, 0.25) is 0 Å². The van der Waals surface area contributed by atoms with E-state index in [2.05, 4.69) is 4.74 Å². The van der Waals surface area contributed by atoms with Gasteiger partial charge < -0.3 is 9.84 Å². The topological polar surface area (TPSA) is 46.5 Å². The van der Waals surface area contributed by atoms with E-state index in [9.17, 15) is 9.90 Å². The lowest BCUT2D eigenvalue weighted by molar-refractivity contribution is -0.139. The first-order valence-electron chi connectivity index (χ1n) is 4.40. The minimum atomic E-state index is -0.293. The van der Waals surface area contributed by atoms with Gasteiger partial charge in [-0.15, -0.1) is 0 Å². The van der Waals surface area contributed by atoms with Gasteiger partial charge in [-0.25, -0.2) is 0 Å². The number of methoxy groups -OCH3 is 1. The molecule has 0 heterocycles. The maximum Gasteiger partial charge on any atom is 0.309 e. The van der Waals surface area contributed by atoms with Gasteiger partial charge in [0, 0.05) is 0 Å². The summed E-state index contributed by atoms with van der Waals surface area (Å²) in [7, 11) is 1.35. The summed E-state index contributed by atoms with van der Waals surface area (Å²) in [6.45, 7) is 3.66. The smallest absolute Gasteiger partial charge is 0.309 e. The number of carbonyl (C=O) groups excluding carboxylic acids is 1. The normalized spacial score (nSPS) is 9.93. The predicted octanol–water partition coefficient (Wildman–Crippen LogP) is 1.72. The molecule has 1 aromatic carbocycles. The van der Waals surface area contributed by atoms with Crippen molar-refractivity contribution in [2.75, 3.05) is 7.11 Å². The van der Waals surface area contributed by atoms with Crippen LogP contribution in [0, 0.1) is 13.8 Å². The maximum atomic E-state index is 11.1. The first-order valence-corrected chi connectivity index (χ1v) is 4.40. The number of ether oxygens (including phenoxy) is 1. The number of esters is 1. The molecule has 1 rings (SSSR count). The third kappa shape index (κ3) is 2.25. The minimum absolute atomic E-state index is 0.206. The summed E-state index contributed by atoms with van der Waals surface area (Å²) in [5.74, 6) is -0.0676. The van der Waals surface area contributed by atoms with Gasteiger partial charge in [0.1, 0.15) is 5.75 Å². The van der Waals surface area contributed by atoms with Crippen LogP contribution in [0.3, 0.4) is 0 Å². The second-order valence-corrected chi connectivity index (χ2v) is 3.32. The second kappa shape index (κ2) is 4.13. The molecule has 0 radical (unpaired) electrons. The third-order valence-electron chi connectivity index (χ3n) is 2.19. The quantitative estimate of drug-likeness (QED) is 0.729. The molecule has 14 heavy (non-hydrogen) atoms. The molecule has 0 amide bonds. The fraction of sp³-hybridized carbons (Fsp3) is 0.364. The van der Waals surface area contributed by atoms with E-state index < -0.39 is 0 Å². The molecule has 0 unspecified atom stereocenters. The Balaban J connectivity index is 3.02. The lowest BCUT2D eigenvalue weighted by Crippen LogP contribution is -2.06. The number of hydrogen-bond acceptors (Lipinski definition) is 3. The summed E-state index contributed by atoms with van der Waals surface area (Å²) in [5.41, 5.74) is 2.49. The standard InChI is InChI=1S/C11H14O3/c1-7-4-9(6-11(13)14-3)8(2)10(12)5-7/h4-5,12H,6H2,1-3H3. The van der Waals surface area contributed by atoms with Crippen molar-refractivity contribution >= 4 is 5.97 Å². The van der Waals surface area contributed by atoms with Gasteiger partial charge in [-0.05, 0) is 36.6 Å². The maximum absolute atomic E-state index is 11.1. The predicted molar refractivity (Wildman–Crippen MR) is 53.3 cm³/mol. The zero-order valence-electron chi connectivity index (χ0n) is 8.63. The van der Waals surface area contributed by atoms with E-state index in [1.807, 2.05) is 13.0 Å². The Bertz CT molecular complexity index is 356. The molecule has 0 saturated carbocycles. The Morgan fingerprint density at radius 2 is 2.07 bits per heavy atom. The number of aromatic hydroxyl groups is 1. The molecule has 0 aromatic heterocycles. The van der Waals surface area contributed by atoms with Crippen molar-refractivity contribution in [3.05, 3.63) is 28.8 Å². The number of phenolic OH excluding ortho intramolecular Hbond substituents is 1. The van der Waals surface area contributed by atoms with Crippen LogP contribution in [-0.4, -0.2) is 18.2 Å². The zero-order valence-corrected chi connectivity index (χ0v) is 8.63. The first kappa shape index (κ1) is 10.6. The highest BCUT2D eigenvalue weighted by Crippen LogP contribution is 2.22. The Morgan fingerprint density at radius 3 is 2.64 bits per heavy atom. The second-order valence-electron chi connectivity index (χ2n) is 3.32. The molecule has 0 bridgehead atoms. The van der Waals surface area contributed by atoms with Crippen molar-refractivity contribution in [1.29, 1.82) is 0 Å². The van der Waals surface area contributed by atoms with Crippen molar-refractivity contribution in [1.82, 2.24) is 0 Å². The third-order valence-corrected chi connectivity index (χ3v) is 2.19. The highest BCUT2D eigenvalue weighted by molar-refractivity contribution is 5.73. The van der Waals surface area contributed by atoms with Crippen LogP contribution in [0.25, 0.3) is 0 Å². The SMILES string of the molecule is COC(=O)Cc1cc(C)cc(O)c1C. The number of carbonyl (C=O) groups is 1. The van der Waals surface area contributed by atoms with E-state index in [-0.39, 0.29) is 18.1 Å². The summed E-state index contributed by atoms with van der Waals surface area (Å²) in [4.78, 5) is 11.1. The van der Waals surface area contributed by atoms with Crippen LogP contribution in [-0.2, 0) is 16.0 Å². The van der Waals surface area contributed by atoms with Crippen molar-refractivity contribution in [2.24, 2.45) is 0 Å². The highest BCUT2D eigenvalue weighted by atomic mass is 16.5. The lowest BCUT2D eigenvalue weighted by atomic mass is 10.0. The van der Waals surface area contributed by atoms with Gasteiger partial charge in [-0.2, -0.15) is 0 Å². The number of rotatable bonds is 2. The Labute approximate surface area is 83.3 Å². The van der Waals surface area contributed by atoms with E-state index in [0.717, 1.165) is 16.7 Å². The Hall–Kier alpha value is -1.51. The fourth-order valence-corrected chi connectivity index (χ4v) is 1.32.